The number of benzene rings is 5. The predicted octanol–water partition coefficient (Wildman–Crippen LogP) is 7.92. The first-order valence-electron chi connectivity index (χ1n) is 12.1. The van der Waals surface area contributed by atoms with E-state index in [-0.39, 0.29) is 5.41 Å². The first-order chi connectivity index (χ1) is 17.0. The molecule has 0 atom stereocenters. The van der Waals surface area contributed by atoms with Crippen molar-refractivity contribution in [3.63, 3.8) is 0 Å². The van der Waals surface area contributed by atoms with Gasteiger partial charge in [-0.25, -0.2) is 0 Å². The summed E-state index contributed by atoms with van der Waals surface area (Å²) in [5, 5.41) is 0. The molecule has 0 aromatic heterocycles. The molecule has 2 radical (unpaired) electrons. The van der Waals surface area contributed by atoms with Crippen molar-refractivity contribution in [3.8, 4) is 22.3 Å². The Kier molecular flexibility index (Phi) is 5.11. The number of fused-ring (bicyclic) bond motifs is 3. The van der Waals surface area contributed by atoms with Crippen LogP contribution in [0.15, 0.2) is 121 Å². The van der Waals surface area contributed by atoms with Crippen LogP contribution in [0.1, 0.15) is 25.0 Å². The van der Waals surface area contributed by atoms with Gasteiger partial charge in [0.2, 0.25) is 0 Å². The summed E-state index contributed by atoms with van der Waals surface area (Å²) in [6.07, 6.45) is 0. The van der Waals surface area contributed by atoms with Gasteiger partial charge in [-0.3, -0.25) is 0 Å². The Hall–Kier alpha value is -4.04. The quantitative estimate of drug-likeness (QED) is 0.253. The molecule has 0 saturated heterocycles. The average molecular weight is 447 g/mol. The van der Waals surface area contributed by atoms with E-state index in [0.29, 0.717) is 0 Å². The molecule has 166 valence electrons. The maximum atomic E-state index is 6.03. The van der Waals surface area contributed by atoms with Crippen LogP contribution in [0.5, 0.6) is 0 Å². The van der Waals surface area contributed by atoms with Crippen LogP contribution >= 0.6 is 0 Å². The van der Waals surface area contributed by atoms with Crippen LogP contribution in [0, 0.1) is 0 Å². The normalized spacial score (nSPS) is 13.2. The Morgan fingerprint density at radius 2 is 1.06 bits per heavy atom. The molecule has 0 N–H and O–H groups in total. The molecule has 1 aliphatic carbocycles. The van der Waals surface area contributed by atoms with Crippen molar-refractivity contribution in [1.29, 1.82) is 0 Å². The Labute approximate surface area is 209 Å². The molecule has 0 spiro atoms. The van der Waals surface area contributed by atoms with Crippen LogP contribution in [-0.4, -0.2) is 7.85 Å². The van der Waals surface area contributed by atoms with Crippen molar-refractivity contribution in [2.45, 2.75) is 19.3 Å². The Balaban J connectivity index is 1.47. The molecular weight excluding hydrogens is 421 g/mol. The minimum Gasteiger partial charge on any atom is -0.310 e. The van der Waals surface area contributed by atoms with Gasteiger partial charge >= 0.3 is 0 Å². The predicted molar refractivity (Wildman–Crippen MR) is 150 cm³/mol. The first-order valence-corrected chi connectivity index (χ1v) is 12.1. The lowest BCUT2D eigenvalue weighted by molar-refractivity contribution is 0.660. The van der Waals surface area contributed by atoms with Gasteiger partial charge in [0.05, 0.1) is 0 Å². The number of nitrogens with zero attached hydrogens (tertiary/aromatic N) is 1. The van der Waals surface area contributed by atoms with E-state index in [9.17, 15) is 0 Å². The van der Waals surface area contributed by atoms with Gasteiger partial charge in [0.1, 0.15) is 7.85 Å². The Morgan fingerprint density at radius 1 is 0.514 bits per heavy atom. The number of rotatable bonds is 4. The molecule has 0 heterocycles. The standard InChI is InChI=1S/C33H26BN/c1-33(2)31-11-7-6-10-29(31)30-21-20-28(22-32(30)33)35(27-18-14-25(34)15-19-27)26-16-12-24(13-17-26)23-8-4-3-5-9-23/h3-22H,1-2H3. The Morgan fingerprint density at radius 3 is 1.77 bits per heavy atom. The van der Waals surface area contributed by atoms with E-state index in [0.717, 1.165) is 22.5 Å². The second-order valence-corrected chi connectivity index (χ2v) is 9.74. The maximum Gasteiger partial charge on any atom is 0.113 e. The van der Waals surface area contributed by atoms with Crippen molar-refractivity contribution in [3.05, 3.63) is 132 Å². The van der Waals surface area contributed by atoms with Crippen LogP contribution in [0.2, 0.25) is 0 Å². The summed E-state index contributed by atoms with van der Waals surface area (Å²) in [6, 6.07) is 43.0. The average Bonchev–Trinajstić information content (AvgIpc) is 3.13. The van der Waals surface area contributed by atoms with Crippen LogP contribution in [0.25, 0.3) is 22.3 Å². The number of hydrogen-bond acceptors (Lipinski definition) is 1. The first kappa shape index (κ1) is 21.5. The second-order valence-electron chi connectivity index (χ2n) is 9.74. The topological polar surface area (TPSA) is 3.24 Å². The molecule has 5 aromatic rings. The van der Waals surface area contributed by atoms with E-state index < -0.39 is 0 Å². The molecule has 6 rings (SSSR count). The van der Waals surface area contributed by atoms with Gasteiger partial charge in [0, 0.05) is 22.5 Å². The zero-order chi connectivity index (χ0) is 24.0. The van der Waals surface area contributed by atoms with Crippen molar-refractivity contribution >= 4 is 30.4 Å². The van der Waals surface area contributed by atoms with Gasteiger partial charge in [-0.05, 0) is 69.8 Å². The molecule has 2 heteroatoms. The third kappa shape index (κ3) is 3.66. The second kappa shape index (κ2) is 8.32. The van der Waals surface area contributed by atoms with E-state index in [2.05, 4.69) is 122 Å². The molecular formula is C33H26BN. The largest absolute Gasteiger partial charge is 0.310 e. The SMILES string of the molecule is [B]c1ccc(N(c2ccc(-c3ccccc3)cc2)c2ccc3c(c2)C(C)(C)c2ccccc2-3)cc1. The lowest BCUT2D eigenvalue weighted by Crippen LogP contribution is -2.16. The molecule has 0 aliphatic heterocycles. The smallest absolute Gasteiger partial charge is 0.113 e. The molecule has 35 heavy (non-hydrogen) atoms. The molecule has 1 aliphatic rings. The van der Waals surface area contributed by atoms with Gasteiger partial charge < -0.3 is 4.90 Å². The fourth-order valence-corrected chi connectivity index (χ4v) is 5.34. The number of anilines is 3. The van der Waals surface area contributed by atoms with E-state index >= 15 is 0 Å². The van der Waals surface area contributed by atoms with E-state index in [1.807, 2.05) is 18.2 Å². The van der Waals surface area contributed by atoms with Crippen molar-refractivity contribution in [2.75, 3.05) is 4.90 Å². The van der Waals surface area contributed by atoms with Crippen molar-refractivity contribution < 1.29 is 0 Å². The summed E-state index contributed by atoms with van der Waals surface area (Å²) in [7, 11) is 6.03. The summed E-state index contributed by atoms with van der Waals surface area (Å²) in [5.74, 6) is 0. The van der Waals surface area contributed by atoms with E-state index in [1.54, 1.807) is 0 Å². The van der Waals surface area contributed by atoms with E-state index in [1.165, 1.54) is 33.4 Å². The van der Waals surface area contributed by atoms with Crippen LogP contribution in [0.4, 0.5) is 17.1 Å². The summed E-state index contributed by atoms with van der Waals surface area (Å²) in [6.45, 7) is 4.65. The minimum absolute atomic E-state index is 0.0497. The van der Waals surface area contributed by atoms with Crippen molar-refractivity contribution in [2.24, 2.45) is 0 Å². The van der Waals surface area contributed by atoms with Crippen molar-refractivity contribution in [1.82, 2.24) is 0 Å². The van der Waals surface area contributed by atoms with Crippen LogP contribution < -0.4 is 10.4 Å². The monoisotopic (exact) mass is 447 g/mol. The number of hydrogen-bond donors (Lipinski definition) is 0. The third-order valence-electron chi connectivity index (χ3n) is 7.21. The molecule has 0 bridgehead atoms. The molecule has 0 fully saturated rings. The lowest BCUT2D eigenvalue weighted by atomic mass is 9.82. The highest BCUT2D eigenvalue weighted by Crippen LogP contribution is 2.50. The maximum absolute atomic E-state index is 6.03. The lowest BCUT2D eigenvalue weighted by Gasteiger charge is -2.28. The minimum atomic E-state index is -0.0497. The van der Waals surface area contributed by atoms with Gasteiger partial charge in [-0.2, -0.15) is 0 Å². The fraction of sp³-hybridized carbons (Fsp3) is 0.0909. The highest BCUT2D eigenvalue weighted by Gasteiger charge is 2.35. The summed E-state index contributed by atoms with van der Waals surface area (Å²) < 4.78 is 0. The van der Waals surface area contributed by atoms with Crippen LogP contribution in [0.3, 0.4) is 0 Å². The van der Waals surface area contributed by atoms with Gasteiger partial charge in [-0.15, -0.1) is 0 Å². The highest BCUT2D eigenvalue weighted by molar-refractivity contribution is 6.32. The zero-order valence-electron chi connectivity index (χ0n) is 20.1. The van der Waals surface area contributed by atoms with Gasteiger partial charge in [-0.1, -0.05) is 104 Å². The molecule has 0 saturated carbocycles. The molecule has 1 nitrogen and oxygen atoms in total. The molecule has 0 amide bonds. The van der Waals surface area contributed by atoms with Gasteiger partial charge in [0.15, 0.2) is 0 Å². The fourth-order valence-electron chi connectivity index (χ4n) is 5.34. The third-order valence-corrected chi connectivity index (χ3v) is 7.21. The van der Waals surface area contributed by atoms with Crippen LogP contribution in [-0.2, 0) is 5.41 Å². The Bertz CT molecular complexity index is 1500. The molecule has 5 aromatic carbocycles. The summed E-state index contributed by atoms with van der Waals surface area (Å²) in [5.41, 5.74) is 11.9. The zero-order valence-corrected chi connectivity index (χ0v) is 20.1. The summed E-state index contributed by atoms with van der Waals surface area (Å²) in [4.78, 5) is 2.31. The van der Waals surface area contributed by atoms with Gasteiger partial charge in [0.25, 0.3) is 0 Å². The highest BCUT2D eigenvalue weighted by atomic mass is 15.1. The molecule has 0 unspecified atom stereocenters. The van der Waals surface area contributed by atoms with E-state index in [4.69, 9.17) is 7.85 Å². The summed E-state index contributed by atoms with van der Waals surface area (Å²) >= 11 is 0.